The van der Waals surface area contributed by atoms with E-state index in [4.69, 9.17) is 10.3 Å². The summed E-state index contributed by atoms with van der Waals surface area (Å²) < 4.78 is 18.8. The van der Waals surface area contributed by atoms with Crippen molar-refractivity contribution in [3.63, 3.8) is 0 Å². The monoisotopic (exact) mass is 283 g/mol. The van der Waals surface area contributed by atoms with E-state index in [1.54, 1.807) is 18.2 Å². The maximum Gasteiger partial charge on any atom is 0.248 e. The van der Waals surface area contributed by atoms with Gasteiger partial charge in [-0.3, -0.25) is 0 Å². The molecule has 0 fully saturated rings. The molecule has 1 unspecified atom stereocenters. The highest BCUT2D eigenvalue weighted by molar-refractivity contribution is 5.24. The fourth-order valence-electron chi connectivity index (χ4n) is 2.08. The lowest BCUT2D eigenvalue weighted by molar-refractivity contribution is 0.363. The molecule has 106 valence electrons. The third kappa shape index (κ3) is 2.98. The molecule has 0 spiro atoms. The highest BCUT2D eigenvalue weighted by Crippen LogP contribution is 2.18. The number of nitrogens with two attached hydrogens (primary N) is 1. The molecule has 0 aliphatic heterocycles. The zero-order valence-electron chi connectivity index (χ0n) is 11.2. The molecule has 5 heteroatoms. The molecule has 21 heavy (non-hydrogen) atoms. The molecular formula is C16H14FN3O. The Balaban J connectivity index is 1.79. The quantitative estimate of drug-likeness (QED) is 0.799. The van der Waals surface area contributed by atoms with Crippen molar-refractivity contribution in [2.45, 2.75) is 12.5 Å². The SMILES string of the molecule is NC(c1ccccc1)c1nc(Cc2ccccc2F)no1. The fraction of sp³-hybridized carbons (Fsp3) is 0.125. The van der Waals surface area contributed by atoms with E-state index in [-0.39, 0.29) is 12.2 Å². The third-order valence-corrected chi connectivity index (χ3v) is 3.21. The predicted octanol–water partition coefficient (Wildman–Crippen LogP) is 2.85. The molecule has 2 N–H and O–H groups in total. The smallest absolute Gasteiger partial charge is 0.248 e. The largest absolute Gasteiger partial charge is 0.337 e. The Labute approximate surface area is 121 Å². The van der Waals surface area contributed by atoms with Crippen LogP contribution in [-0.4, -0.2) is 10.1 Å². The van der Waals surface area contributed by atoms with E-state index in [1.807, 2.05) is 30.3 Å². The van der Waals surface area contributed by atoms with Crippen LogP contribution in [0.1, 0.15) is 28.9 Å². The van der Waals surface area contributed by atoms with Gasteiger partial charge >= 0.3 is 0 Å². The van der Waals surface area contributed by atoms with E-state index in [0.717, 1.165) is 5.56 Å². The summed E-state index contributed by atoms with van der Waals surface area (Å²) in [5.74, 6) is 0.463. The van der Waals surface area contributed by atoms with Gasteiger partial charge in [-0.15, -0.1) is 0 Å². The number of hydrogen-bond donors (Lipinski definition) is 1. The van der Waals surface area contributed by atoms with Gasteiger partial charge in [-0.05, 0) is 17.2 Å². The number of aromatic nitrogens is 2. The average Bonchev–Trinajstić information content (AvgIpc) is 2.98. The molecule has 3 aromatic rings. The molecule has 1 aromatic heterocycles. The number of benzene rings is 2. The van der Waals surface area contributed by atoms with Crippen molar-refractivity contribution in [3.8, 4) is 0 Å². The normalized spacial score (nSPS) is 12.3. The second kappa shape index (κ2) is 5.85. The van der Waals surface area contributed by atoms with Gasteiger partial charge in [0.05, 0.1) is 0 Å². The van der Waals surface area contributed by atoms with Gasteiger partial charge in [-0.2, -0.15) is 4.98 Å². The molecule has 1 heterocycles. The Morgan fingerprint density at radius 2 is 1.76 bits per heavy atom. The van der Waals surface area contributed by atoms with Crippen molar-refractivity contribution in [2.75, 3.05) is 0 Å². The van der Waals surface area contributed by atoms with Gasteiger partial charge in [0.15, 0.2) is 5.82 Å². The first-order valence-corrected chi connectivity index (χ1v) is 6.60. The van der Waals surface area contributed by atoms with Crippen molar-refractivity contribution in [1.82, 2.24) is 10.1 Å². The van der Waals surface area contributed by atoms with Crippen molar-refractivity contribution >= 4 is 0 Å². The van der Waals surface area contributed by atoms with E-state index < -0.39 is 6.04 Å². The van der Waals surface area contributed by atoms with Crippen LogP contribution in [-0.2, 0) is 6.42 Å². The van der Waals surface area contributed by atoms with E-state index >= 15 is 0 Å². The van der Waals surface area contributed by atoms with E-state index in [1.165, 1.54) is 6.07 Å². The first-order chi connectivity index (χ1) is 10.2. The number of halogens is 1. The Kier molecular flexibility index (Phi) is 3.75. The summed E-state index contributed by atoms with van der Waals surface area (Å²) in [5, 5.41) is 3.87. The molecular weight excluding hydrogens is 269 g/mol. The van der Waals surface area contributed by atoms with Gasteiger partial charge in [-0.25, -0.2) is 4.39 Å². The molecule has 0 saturated heterocycles. The molecule has 0 saturated carbocycles. The van der Waals surface area contributed by atoms with Crippen LogP contribution in [0.3, 0.4) is 0 Å². The van der Waals surface area contributed by atoms with Crippen molar-refractivity contribution < 1.29 is 8.91 Å². The fourth-order valence-corrected chi connectivity index (χ4v) is 2.08. The van der Waals surface area contributed by atoms with Crippen LogP contribution < -0.4 is 5.73 Å². The second-order valence-corrected chi connectivity index (χ2v) is 4.71. The zero-order valence-corrected chi connectivity index (χ0v) is 11.2. The Bertz CT molecular complexity index is 727. The molecule has 0 radical (unpaired) electrons. The summed E-state index contributed by atoms with van der Waals surface area (Å²) in [5.41, 5.74) is 7.50. The second-order valence-electron chi connectivity index (χ2n) is 4.71. The van der Waals surface area contributed by atoms with Crippen molar-refractivity contribution in [3.05, 3.63) is 83.3 Å². The summed E-state index contributed by atoms with van der Waals surface area (Å²) in [4.78, 5) is 4.25. The minimum absolute atomic E-state index is 0.275. The summed E-state index contributed by atoms with van der Waals surface area (Å²) in [6.45, 7) is 0. The standard InChI is InChI=1S/C16H14FN3O/c17-13-9-5-4-8-12(13)10-14-19-16(21-20-14)15(18)11-6-2-1-3-7-11/h1-9,15H,10,18H2. The summed E-state index contributed by atoms with van der Waals surface area (Å²) in [6.07, 6.45) is 0.275. The van der Waals surface area contributed by atoms with E-state index in [9.17, 15) is 4.39 Å². The van der Waals surface area contributed by atoms with Gasteiger partial charge in [0.1, 0.15) is 11.9 Å². The molecule has 0 bridgehead atoms. The molecule has 4 nitrogen and oxygen atoms in total. The van der Waals surface area contributed by atoms with Crippen LogP contribution in [0.2, 0.25) is 0 Å². The molecule has 0 aliphatic carbocycles. The number of nitrogens with zero attached hydrogens (tertiary/aromatic N) is 2. The lowest BCUT2D eigenvalue weighted by Gasteiger charge is -2.05. The van der Waals surface area contributed by atoms with Crippen LogP contribution in [0, 0.1) is 5.82 Å². The molecule has 1 atom stereocenters. The third-order valence-electron chi connectivity index (χ3n) is 3.21. The van der Waals surface area contributed by atoms with Crippen LogP contribution in [0.15, 0.2) is 59.1 Å². The maximum atomic E-state index is 13.6. The van der Waals surface area contributed by atoms with Crippen LogP contribution >= 0.6 is 0 Å². The van der Waals surface area contributed by atoms with E-state index in [2.05, 4.69) is 10.1 Å². The number of rotatable bonds is 4. The first kappa shape index (κ1) is 13.5. The summed E-state index contributed by atoms with van der Waals surface area (Å²) in [7, 11) is 0. The molecule has 2 aromatic carbocycles. The van der Waals surface area contributed by atoms with Crippen molar-refractivity contribution in [1.29, 1.82) is 0 Å². The van der Waals surface area contributed by atoms with Gasteiger partial charge in [0, 0.05) is 6.42 Å². The van der Waals surface area contributed by atoms with E-state index in [0.29, 0.717) is 17.3 Å². The first-order valence-electron chi connectivity index (χ1n) is 6.60. The van der Waals surface area contributed by atoms with Crippen LogP contribution in [0.25, 0.3) is 0 Å². The highest BCUT2D eigenvalue weighted by atomic mass is 19.1. The zero-order chi connectivity index (χ0) is 14.7. The van der Waals surface area contributed by atoms with Crippen LogP contribution in [0.4, 0.5) is 4.39 Å². The Morgan fingerprint density at radius 3 is 2.52 bits per heavy atom. The Morgan fingerprint density at radius 1 is 1.05 bits per heavy atom. The van der Waals surface area contributed by atoms with Gasteiger partial charge in [-0.1, -0.05) is 53.7 Å². The minimum atomic E-state index is -0.479. The van der Waals surface area contributed by atoms with Crippen molar-refractivity contribution in [2.24, 2.45) is 5.73 Å². The lowest BCUT2D eigenvalue weighted by atomic mass is 10.1. The highest BCUT2D eigenvalue weighted by Gasteiger charge is 2.17. The van der Waals surface area contributed by atoms with Gasteiger partial charge < -0.3 is 10.3 Å². The van der Waals surface area contributed by atoms with Crippen LogP contribution in [0.5, 0.6) is 0 Å². The topological polar surface area (TPSA) is 64.9 Å². The summed E-state index contributed by atoms with van der Waals surface area (Å²) >= 11 is 0. The lowest BCUT2D eigenvalue weighted by Crippen LogP contribution is -2.12. The number of hydrogen-bond acceptors (Lipinski definition) is 4. The molecule has 3 rings (SSSR count). The minimum Gasteiger partial charge on any atom is -0.337 e. The summed E-state index contributed by atoms with van der Waals surface area (Å²) in [6, 6.07) is 15.5. The van der Waals surface area contributed by atoms with Gasteiger partial charge in [0.2, 0.25) is 5.89 Å². The molecule has 0 aliphatic rings. The Hall–Kier alpha value is -2.53. The van der Waals surface area contributed by atoms with Gasteiger partial charge in [0.25, 0.3) is 0 Å². The maximum absolute atomic E-state index is 13.6. The molecule has 0 amide bonds. The predicted molar refractivity (Wildman–Crippen MR) is 76.0 cm³/mol. The average molecular weight is 283 g/mol.